The van der Waals surface area contributed by atoms with Gasteiger partial charge in [-0.3, -0.25) is 4.79 Å². The van der Waals surface area contributed by atoms with Gasteiger partial charge in [-0.25, -0.2) is 4.79 Å². The minimum Gasteiger partial charge on any atom is -0.462 e. The average molecular weight is 395 g/mol. The van der Waals surface area contributed by atoms with Crippen LogP contribution in [0.5, 0.6) is 0 Å². The summed E-state index contributed by atoms with van der Waals surface area (Å²) in [5.74, 6) is -0.350. The van der Waals surface area contributed by atoms with E-state index in [0.29, 0.717) is 17.7 Å². The molecule has 0 aliphatic rings. The molecular weight excluding hydrogens is 374 g/mol. The summed E-state index contributed by atoms with van der Waals surface area (Å²) in [5, 5.41) is 0. The van der Waals surface area contributed by atoms with Gasteiger partial charge in [0.15, 0.2) is 6.29 Å². The third-order valence-electron chi connectivity index (χ3n) is 4.91. The Hall–Kier alpha value is -3.92. The number of carbonyl (C=O) groups is 2. The van der Waals surface area contributed by atoms with Crippen molar-refractivity contribution < 1.29 is 14.3 Å². The molecule has 148 valence electrons. The molecule has 0 saturated heterocycles. The van der Waals surface area contributed by atoms with E-state index in [0.717, 1.165) is 34.5 Å². The van der Waals surface area contributed by atoms with E-state index in [1.165, 1.54) is 0 Å². The van der Waals surface area contributed by atoms with Crippen LogP contribution in [0.25, 0.3) is 28.2 Å². The lowest BCUT2D eigenvalue weighted by Gasteiger charge is -2.15. The highest BCUT2D eigenvalue weighted by Gasteiger charge is 2.19. The van der Waals surface area contributed by atoms with E-state index in [4.69, 9.17) is 4.74 Å². The second-order valence-corrected chi connectivity index (χ2v) is 6.79. The SMILES string of the molecule is CCOC(=O)c1ccc(-n2c(-c3ccccc3)cc(C=O)c2-c2ccccc2)cc1. The van der Waals surface area contributed by atoms with Gasteiger partial charge in [-0.2, -0.15) is 0 Å². The molecule has 0 saturated carbocycles. The van der Waals surface area contributed by atoms with E-state index in [2.05, 4.69) is 4.57 Å². The summed E-state index contributed by atoms with van der Waals surface area (Å²) >= 11 is 0. The lowest BCUT2D eigenvalue weighted by atomic mass is 10.1. The number of nitrogens with zero attached hydrogens (tertiary/aromatic N) is 1. The van der Waals surface area contributed by atoms with Crippen molar-refractivity contribution in [1.29, 1.82) is 0 Å². The largest absolute Gasteiger partial charge is 0.462 e. The standard InChI is InChI=1S/C26H21NO3/c1-2-30-26(29)21-13-15-23(16-14-21)27-24(19-9-5-3-6-10-19)17-22(18-28)25(27)20-11-7-4-8-12-20/h3-18H,2H2,1H3. The number of hydrogen-bond donors (Lipinski definition) is 0. The Morgan fingerprint density at radius 1 is 0.867 bits per heavy atom. The van der Waals surface area contributed by atoms with E-state index in [1.807, 2.05) is 78.9 Å². The maximum atomic E-state index is 12.0. The highest BCUT2D eigenvalue weighted by molar-refractivity contribution is 5.92. The number of aromatic nitrogens is 1. The Kier molecular flexibility index (Phi) is 5.57. The molecule has 0 radical (unpaired) electrons. The second kappa shape index (κ2) is 8.62. The lowest BCUT2D eigenvalue weighted by Crippen LogP contribution is -2.05. The Bertz CT molecular complexity index is 1160. The predicted molar refractivity (Wildman–Crippen MR) is 118 cm³/mol. The van der Waals surface area contributed by atoms with Crippen LogP contribution in [0.1, 0.15) is 27.6 Å². The normalized spacial score (nSPS) is 10.6. The molecule has 0 spiro atoms. The first-order valence-corrected chi connectivity index (χ1v) is 9.82. The minimum atomic E-state index is -0.350. The van der Waals surface area contributed by atoms with Crippen LogP contribution in [0.15, 0.2) is 91.0 Å². The molecule has 1 aromatic heterocycles. The van der Waals surface area contributed by atoms with Gasteiger partial charge in [0, 0.05) is 11.3 Å². The topological polar surface area (TPSA) is 48.3 Å². The first kappa shape index (κ1) is 19.4. The quantitative estimate of drug-likeness (QED) is 0.306. The van der Waals surface area contributed by atoms with Gasteiger partial charge >= 0.3 is 5.97 Å². The molecule has 0 bridgehead atoms. The van der Waals surface area contributed by atoms with Crippen molar-refractivity contribution in [3.05, 3.63) is 102 Å². The summed E-state index contributed by atoms with van der Waals surface area (Å²) in [6, 6.07) is 28.9. The highest BCUT2D eigenvalue weighted by Crippen LogP contribution is 2.35. The van der Waals surface area contributed by atoms with E-state index in [1.54, 1.807) is 19.1 Å². The van der Waals surface area contributed by atoms with Crippen LogP contribution >= 0.6 is 0 Å². The maximum Gasteiger partial charge on any atom is 0.338 e. The number of hydrogen-bond acceptors (Lipinski definition) is 3. The summed E-state index contributed by atoms with van der Waals surface area (Å²) in [5.41, 5.74) is 5.61. The van der Waals surface area contributed by atoms with Gasteiger partial charge in [-0.1, -0.05) is 60.7 Å². The van der Waals surface area contributed by atoms with Gasteiger partial charge in [0.25, 0.3) is 0 Å². The van der Waals surface area contributed by atoms with E-state index < -0.39 is 0 Å². The number of carbonyl (C=O) groups excluding carboxylic acids is 2. The van der Waals surface area contributed by atoms with Crippen molar-refractivity contribution in [1.82, 2.24) is 4.57 Å². The summed E-state index contributed by atoms with van der Waals surface area (Å²) in [6.07, 6.45) is 0.887. The first-order chi connectivity index (χ1) is 14.7. The molecule has 3 aromatic carbocycles. The van der Waals surface area contributed by atoms with Crippen LogP contribution in [0.3, 0.4) is 0 Å². The molecule has 4 rings (SSSR count). The van der Waals surface area contributed by atoms with Gasteiger partial charge in [-0.05, 0) is 48.4 Å². The predicted octanol–water partition coefficient (Wildman–Crippen LogP) is 5.80. The van der Waals surface area contributed by atoms with Crippen LogP contribution in [-0.4, -0.2) is 23.4 Å². The van der Waals surface area contributed by atoms with Crippen molar-refractivity contribution in [3.63, 3.8) is 0 Å². The average Bonchev–Trinajstić information content (AvgIpc) is 3.20. The fraction of sp³-hybridized carbons (Fsp3) is 0.0769. The molecule has 4 aromatic rings. The summed E-state index contributed by atoms with van der Waals surface area (Å²) in [7, 11) is 0. The van der Waals surface area contributed by atoms with E-state index in [9.17, 15) is 9.59 Å². The van der Waals surface area contributed by atoms with Crippen molar-refractivity contribution >= 4 is 12.3 Å². The van der Waals surface area contributed by atoms with Crippen molar-refractivity contribution in [2.45, 2.75) is 6.92 Å². The van der Waals surface area contributed by atoms with Gasteiger partial charge in [0.1, 0.15) is 0 Å². The fourth-order valence-electron chi connectivity index (χ4n) is 3.56. The third kappa shape index (κ3) is 3.67. The summed E-state index contributed by atoms with van der Waals surface area (Å²) in [4.78, 5) is 24.0. The highest BCUT2D eigenvalue weighted by atomic mass is 16.5. The first-order valence-electron chi connectivity index (χ1n) is 9.82. The van der Waals surface area contributed by atoms with Crippen LogP contribution in [-0.2, 0) is 4.74 Å². The zero-order chi connectivity index (χ0) is 20.9. The molecule has 0 fully saturated rings. The Labute approximate surface area is 175 Å². The van der Waals surface area contributed by atoms with E-state index in [-0.39, 0.29) is 5.97 Å². The van der Waals surface area contributed by atoms with Crippen molar-refractivity contribution in [3.8, 4) is 28.2 Å². The smallest absolute Gasteiger partial charge is 0.338 e. The molecular formula is C26H21NO3. The molecule has 0 unspecified atom stereocenters. The molecule has 1 heterocycles. The lowest BCUT2D eigenvalue weighted by molar-refractivity contribution is 0.0526. The minimum absolute atomic E-state index is 0.331. The van der Waals surface area contributed by atoms with Crippen LogP contribution in [0, 0.1) is 0 Å². The van der Waals surface area contributed by atoms with Crippen molar-refractivity contribution in [2.24, 2.45) is 0 Å². The molecule has 30 heavy (non-hydrogen) atoms. The Morgan fingerprint density at radius 2 is 1.47 bits per heavy atom. The summed E-state index contributed by atoms with van der Waals surface area (Å²) in [6.45, 7) is 2.11. The zero-order valence-corrected chi connectivity index (χ0v) is 16.6. The molecule has 0 atom stereocenters. The monoisotopic (exact) mass is 395 g/mol. The maximum absolute atomic E-state index is 12.0. The zero-order valence-electron chi connectivity index (χ0n) is 16.6. The molecule has 4 nitrogen and oxygen atoms in total. The van der Waals surface area contributed by atoms with Crippen LogP contribution in [0.2, 0.25) is 0 Å². The van der Waals surface area contributed by atoms with Crippen LogP contribution < -0.4 is 0 Å². The number of esters is 1. The van der Waals surface area contributed by atoms with E-state index >= 15 is 0 Å². The number of rotatable bonds is 6. The van der Waals surface area contributed by atoms with Crippen LogP contribution in [0.4, 0.5) is 0 Å². The fourth-order valence-corrected chi connectivity index (χ4v) is 3.56. The van der Waals surface area contributed by atoms with Gasteiger partial charge in [0.2, 0.25) is 0 Å². The summed E-state index contributed by atoms with van der Waals surface area (Å²) < 4.78 is 7.15. The van der Waals surface area contributed by atoms with Gasteiger partial charge in [0.05, 0.1) is 23.6 Å². The molecule has 0 N–H and O–H groups in total. The molecule has 4 heteroatoms. The second-order valence-electron chi connectivity index (χ2n) is 6.79. The Morgan fingerprint density at radius 3 is 2.03 bits per heavy atom. The Balaban J connectivity index is 1.94. The van der Waals surface area contributed by atoms with Crippen molar-refractivity contribution in [2.75, 3.05) is 6.61 Å². The molecule has 0 amide bonds. The number of ether oxygens (including phenoxy) is 1. The van der Waals surface area contributed by atoms with Gasteiger partial charge in [-0.15, -0.1) is 0 Å². The molecule has 0 aliphatic carbocycles. The number of benzene rings is 3. The molecule has 0 aliphatic heterocycles. The van der Waals surface area contributed by atoms with Gasteiger partial charge < -0.3 is 9.30 Å². The number of aldehydes is 1. The third-order valence-corrected chi connectivity index (χ3v) is 4.91.